The fraction of sp³-hybridized carbons (Fsp3) is 0.176. The Morgan fingerprint density at radius 2 is 2.04 bits per heavy atom. The summed E-state index contributed by atoms with van der Waals surface area (Å²) in [5.41, 5.74) is 2.48. The van der Waals surface area contributed by atoms with Gasteiger partial charge in [0.2, 0.25) is 0 Å². The molecule has 0 bridgehead atoms. The molecular weight excluding hydrogens is 376 g/mol. The van der Waals surface area contributed by atoms with Crippen LogP contribution >= 0.6 is 27.7 Å². The minimum Gasteiger partial charge on any atom is -0.462 e. The van der Waals surface area contributed by atoms with E-state index in [-0.39, 0.29) is 5.97 Å². The third-order valence-corrected chi connectivity index (χ3v) is 4.84. The SMILES string of the molecule is CCOC(=O)c1c(SCc2ccc(Br)cc2)nn2ccccc12. The maximum Gasteiger partial charge on any atom is 0.343 e. The number of ether oxygens (including phenoxy) is 1. The first-order chi connectivity index (χ1) is 11.2. The molecule has 0 fully saturated rings. The second-order valence-electron chi connectivity index (χ2n) is 4.85. The molecule has 0 aliphatic carbocycles. The summed E-state index contributed by atoms with van der Waals surface area (Å²) >= 11 is 4.97. The molecular formula is C17H15BrN2O2S. The number of rotatable bonds is 5. The molecule has 4 nitrogen and oxygen atoms in total. The number of esters is 1. The van der Waals surface area contributed by atoms with Crippen molar-refractivity contribution < 1.29 is 9.53 Å². The molecule has 0 aliphatic rings. The topological polar surface area (TPSA) is 43.6 Å². The van der Waals surface area contributed by atoms with E-state index in [1.165, 1.54) is 17.3 Å². The van der Waals surface area contributed by atoms with E-state index in [2.05, 4.69) is 33.2 Å². The fourth-order valence-electron chi connectivity index (χ4n) is 2.21. The van der Waals surface area contributed by atoms with Gasteiger partial charge in [-0.15, -0.1) is 0 Å². The van der Waals surface area contributed by atoms with Crippen molar-refractivity contribution in [2.24, 2.45) is 0 Å². The maximum absolute atomic E-state index is 12.3. The van der Waals surface area contributed by atoms with E-state index in [1.54, 1.807) is 11.4 Å². The molecule has 0 aliphatic heterocycles. The number of hydrogen-bond donors (Lipinski definition) is 0. The van der Waals surface area contributed by atoms with Gasteiger partial charge in [0, 0.05) is 16.4 Å². The Morgan fingerprint density at radius 1 is 1.26 bits per heavy atom. The number of carbonyl (C=O) groups excluding carboxylic acids is 1. The van der Waals surface area contributed by atoms with Crippen LogP contribution in [0.2, 0.25) is 0 Å². The molecule has 3 aromatic rings. The van der Waals surface area contributed by atoms with E-state index in [9.17, 15) is 4.79 Å². The van der Waals surface area contributed by atoms with Crippen molar-refractivity contribution in [1.29, 1.82) is 0 Å². The first-order valence-corrected chi connectivity index (χ1v) is 8.98. The molecule has 0 amide bonds. The molecule has 6 heteroatoms. The number of carbonyl (C=O) groups is 1. The van der Waals surface area contributed by atoms with Crippen LogP contribution in [0.1, 0.15) is 22.8 Å². The third kappa shape index (κ3) is 3.59. The Labute approximate surface area is 147 Å². The zero-order valence-corrected chi connectivity index (χ0v) is 14.9. The van der Waals surface area contributed by atoms with Gasteiger partial charge in [-0.25, -0.2) is 9.31 Å². The molecule has 118 valence electrons. The van der Waals surface area contributed by atoms with Crippen LogP contribution in [-0.4, -0.2) is 22.2 Å². The largest absolute Gasteiger partial charge is 0.462 e. The Hall–Kier alpha value is -1.79. The highest BCUT2D eigenvalue weighted by Gasteiger charge is 2.21. The van der Waals surface area contributed by atoms with Crippen molar-refractivity contribution in [3.63, 3.8) is 0 Å². The predicted molar refractivity (Wildman–Crippen MR) is 94.9 cm³/mol. The monoisotopic (exact) mass is 390 g/mol. The number of hydrogen-bond acceptors (Lipinski definition) is 4. The van der Waals surface area contributed by atoms with Gasteiger partial charge in [-0.1, -0.05) is 45.9 Å². The maximum atomic E-state index is 12.3. The number of benzene rings is 1. The molecule has 0 spiro atoms. The fourth-order valence-corrected chi connectivity index (χ4v) is 3.44. The quantitative estimate of drug-likeness (QED) is 0.472. The minimum atomic E-state index is -0.327. The summed E-state index contributed by atoms with van der Waals surface area (Å²) in [6.45, 7) is 2.15. The average Bonchev–Trinajstić information content (AvgIpc) is 2.93. The Bertz CT molecular complexity index is 830. The van der Waals surface area contributed by atoms with E-state index in [0.29, 0.717) is 17.2 Å². The van der Waals surface area contributed by atoms with Crippen LogP contribution < -0.4 is 0 Å². The zero-order chi connectivity index (χ0) is 16.2. The number of halogens is 1. The van der Waals surface area contributed by atoms with Crippen LogP contribution in [0, 0.1) is 0 Å². The Morgan fingerprint density at radius 3 is 2.78 bits per heavy atom. The van der Waals surface area contributed by atoms with Crippen LogP contribution in [0.3, 0.4) is 0 Å². The second-order valence-corrected chi connectivity index (χ2v) is 6.73. The Kier molecular flexibility index (Phi) is 5.03. The first kappa shape index (κ1) is 16.1. The van der Waals surface area contributed by atoms with Crippen molar-refractivity contribution in [2.45, 2.75) is 17.7 Å². The van der Waals surface area contributed by atoms with Gasteiger partial charge >= 0.3 is 5.97 Å². The van der Waals surface area contributed by atoms with Crippen molar-refractivity contribution >= 4 is 39.2 Å². The lowest BCUT2D eigenvalue weighted by atomic mass is 10.2. The van der Waals surface area contributed by atoms with Crippen molar-refractivity contribution in [3.05, 3.63) is 64.3 Å². The standard InChI is InChI=1S/C17H15BrN2O2S/c1-2-22-17(21)15-14-5-3-4-10-20(14)19-16(15)23-11-12-6-8-13(18)9-7-12/h3-10H,2,11H2,1H3. The lowest BCUT2D eigenvalue weighted by molar-refractivity contribution is 0.0524. The van der Waals surface area contributed by atoms with Crippen LogP contribution in [0.4, 0.5) is 0 Å². The molecule has 23 heavy (non-hydrogen) atoms. The number of fused-ring (bicyclic) bond motifs is 1. The normalized spacial score (nSPS) is 10.9. The highest BCUT2D eigenvalue weighted by Crippen LogP contribution is 2.29. The van der Waals surface area contributed by atoms with Gasteiger partial charge in [0.1, 0.15) is 10.6 Å². The van der Waals surface area contributed by atoms with Crippen molar-refractivity contribution in [3.8, 4) is 0 Å². The molecule has 0 saturated heterocycles. The number of aromatic nitrogens is 2. The summed E-state index contributed by atoms with van der Waals surface area (Å²) in [7, 11) is 0. The number of nitrogens with zero attached hydrogens (tertiary/aromatic N) is 2. The van der Waals surface area contributed by atoms with Gasteiger partial charge in [-0.3, -0.25) is 0 Å². The zero-order valence-electron chi connectivity index (χ0n) is 12.5. The lowest BCUT2D eigenvalue weighted by Gasteiger charge is -2.03. The van der Waals surface area contributed by atoms with Crippen LogP contribution in [-0.2, 0) is 10.5 Å². The van der Waals surface area contributed by atoms with Gasteiger partial charge in [0.05, 0.1) is 12.1 Å². The van der Waals surface area contributed by atoms with Crippen LogP contribution in [0.25, 0.3) is 5.52 Å². The minimum absolute atomic E-state index is 0.327. The molecule has 0 atom stereocenters. The average molecular weight is 391 g/mol. The summed E-state index contributed by atoms with van der Waals surface area (Å²) < 4.78 is 7.96. The summed E-state index contributed by atoms with van der Waals surface area (Å²) in [4.78, 5) is 12.3. The molecule has 3 rings (SSSR count). The van der Waals surface area contributed by atoms with Gasteiger partial charge in [0.15, 0.2) is 0 Å². The third-order valence-electron chi connectivity index (χ3n) is 3.28. The second kappa shape index (κ2) is 7.19. The van der Waals surface area contributed by atoms with Gasteiger partial charge < -0.3 is 4.74 Å². The molecule has 2 aromatic heterocycles. The summed E-state index contributed by atoms with van der Waals surface area (Å²) in [5, 5.41) is 5.21. The first-order valence-electron chi connectivity index (χ1n) is 7.20. The van der Waals surface area contributed by atoms with E-state index < -0.39 is 0 Å². The molecule has 2 heterocycles. The van der Waals surface area contributed by atoms with Gasteiger partial charge in [-0.05, 0) is 36.8 Å². The lowest BCUT2D eigenvalue weighted by Crippen LogP contribution is -2.05. The molecule has 0 saturated carbocycles. The van der Waals surface area contributed by atoms with Crippen LogP contribution in [0.5, 0.6) is 0 Å². The van der Waals surface area contributed by atoms with Gasteiger partial charge in [0.25, 0.3) is 0 Å². The summed E-state index contributed by atoms with van der Waals surface area (Å²) in [6.07, 6.45) is 1.84. The number of thioether (sulfide) groups is 1. The van der Waals surface area contributed by atoms with E-state index in [1.807, 2.05) is 36.5 Å². The highest BCUT2D eigenvalue weighted by atomic mass is 79.9. The summed E-state index contributed by atoms with van der Waals surface area (Å²) in [5.74, 6) is 0.413. The predicted octanol–water partition coefficient (Wildman–Crippen LogP) is 4.57. The molecule has 0 unspecified atom stereocenters. The highest BCUT2D eigenvalue weighted by molar-refractivity contribution is 9.10. The van der Waals surface area contributed by atoms with Crippen molar-refractivity contribution in [2.75, 3.05) is 6.61 Å². The molecule has 0 radical (unpaired) electrons. The summed E-state index contributed by atoms with van der Waals surface area (Å²) in [6, 6.07) is 13.8. The molecule has 1 aromatic carbocycles. The smallest absolute Gasteiger partial charge is 0.343 e. The Balaban J connectivity index is 1.91. The van der Waals surface area contributed by atoms with Crippen LogP contribution in [0.15, 0.2) is 58.2 Å². The molecule has 0 N–H and O–H groups in total. The van der Waals surface area contributed by atoms with E-state index in [4.69, 9.17) is 4.74 Å². The van der Waals surface area contributed by atoms with Crippen molar-refractivity contribution in [1.82, 2.24) is 9.61 Å². The van der Waals surface area contributed by atoms with Gasteiger partial charge in [-0.2, -0.15) is 5.10 Å². The number of pyridine rings is 1. The van der Waals surface area contributed by atoms with E-state index in [0.717, 1.165) is 15.7 Å². The van der Waals surface area contributed by atoms with E-state index >= 15 is 0 Å².